The fraction of sp³-hybridized carbons (Fsp3) is 0.200. The van der Waals surface area contributed by atoms with E-state index in [0.717, 1.165) is 0 Å². The molecule has 4 nitrogen and oxygen atoms in total. The molecule has 0 radical (unpaired) electrons. The molecule has 110 valence electrons. The average molecular weight is 325 g/mol. The SMILES string of the molecule is O=C(CC(O)c1ccc(Cl)cc1)NCc1ccc(Cl)cn1. The summed E-state index contributed by atoms with van der Waals surface area (Å²) >= 11 is 11.5. The van der Waals surface area contributed by atoms with Gasteiger partial charge >= 0.3 is 0 Å². The van der Waals surface area contributed by atoms with E-state index in [1.54, 1.807) is 36.4 Å². The highest BCUT2D eigenvalue weighted by atomic mass is 35.5. The van der Waals surface area contributed by atoms with Crippen molar-refractivity contribution in [3.8, 4) is 0 Å². The maximum absolute atomic E-state index is 11.8. The van der Waals surface area contributed by atoms with Crippen molar-refractivity contribution in [3.63, 3.8) is 0 Å². The van der Waals surface area contributed by atoms with E-state index in [9.17, 15) is 9.90 Å². The zero-order valence-corrected chi connectivity index (χ0v) is 12.6. The number of amides is 1. The first-order valence-corrected chi connectivity index (χ1v) is 7.11. The van der Waals surface area contributed by atoms with Gasteiger partial charge in [0.15, 0.2) is 0 Å². The normalized spacial score (nSPS) is 12.0. The highest BCUT2D eigenvalue weighted by molar-refractivity contribution is 6.30. The van der Waals surface area contributed by atoms with Gasteiger partial charge in [0, 0.05) is 11.2 Å². The van der Waals surface area contributed by atoms with Crippen LogP contribution in [0.2, 0.25) is 10.0 Å². The predicted molar refractivity (Wildman–Crippen MR) is 82.1 cm³/mol. The second-order valence-electron chi connectivity index (χ2n) is 4.52. The van der Waals surface area contributed by atoms with Crippen molar-refractivity contribution >= 4 is 29.1 Å². The van der Waals surface area contributed by atoms with Crippen LogP contribution >= 0.6 is 23.2 Å². The minimum atomic E-state index is -0.861. The molecule has 0 saturated heterocycles. The van der Waals surface area contributed by atoms with E-state index >= 15 is 0 Å². The summed E-state index contributed by atoms with van der Waals surface area (Å²) in [6.45, 7) is 0.295. The summed E-state index contributed by atoms with van der Waals surface area (Å²) in [4.78, 5) is 15.9. The molecule has 1 amide bonds. The number of aliphatic hydroxyl groups is 1. The van der Waals surface area contributed by atoms with E-state index in [0.29, 0.717) is 27.8 Å². The number of halogens is 2. The fourth-order valence-electron chi connectivity index (χ4n) is 1.75. The monoisotopic (exact) mass is 324 g/mol. The number of rotatable bonds is 5. The van der Waals surface area contributed by atoms with Gasteiger partial charge in [0.2, 0.25) is 5.91 Å². The van der Waals surface area contributed by atoms with Crippen LogP contribution in [0.5, 0.6) is 0 Å². The molecule has 1 heterocycles. The van der Waals surface area contributed by atoms with Gasteiger partial charge < -0.3 is 10.4 Å². The Kier molecular flexibility index (Phi) is 5.56. The van der Waals surface area contributed by atoms with Gasteiger partial charge in [-0.05, 0) is 29.8 Å². The van der Waals surface area contributed by atoms with Crippen LogP contribution in [0.4, 0.5) is 0 Å². The highest BCUT2D eigenvalue weighted by Gasteiger charge is 2.12. The van der Waals surface area contributed by atoms with Crippen molar-refractivity contribution < 1.29 is 9.90 Å². The molecular formula is C15H14Cl2N2O2. The lowest BCUT2D eigenvalue weighted by Crippen LogP contribution is -2.25. The van der Waals surface area contributed by atoms with Crippen LogP contribution in [0.3, 0.4) is 0 Å². The van der Waals surface area contributed by atoms with E-state index in [2.05, 4.69) is 10.3 Å². The quantitative estimate of drug-likeness (QED) is 0.888. The Morgan fingerprint density at radius 1 is 1.14 bits per heavy atom. The van der Waals surface area contributed by atoms with Crippen LogP contribution < -0.4 is 5.32 Å². The topological polar surface area (TPSA) is 62.2 Å². The van der Waals surface area contributed by atoms with Gasteiger partial charge in [-0.15, -0.1) is 0 Å². The first-order valence-electron chi connectivity index (χ1n) is 6.35. The van der Waals surface area contributed by atoms with Crippen molar-refractivity contribution in [2.45, 2.75) is 19.1 Å². The van der Waals surface area contributed by atoms with Crippen molar-refractivity contribution in [1.82, 2.24) is 10.3 Å². The molecule has 0 bridgehead atoms. The third kappa shape index (κ3) is 5.01. The number of pyridine rings is 1. The highest BCUT2D eigenvalue weighted by Crippen LogP contribution is 2.19. The van der Waals surface area contributed by atoms with Crippen molar-refractivity contribution in [1.29, 1.82) is 0 Å². The summed E-state index contributed by atoms with van der Waals surface area (Å²) in [5, 5.41) is 13.8. The smallest absolute Gasteiger partial charge is 0.223 e. The number of nitrogens with zero attached hydrogens (tertiary/aromatic N) is 1. The van der Waals surface area contributed by atoms with Crippen LogP contribution in [0.15, 0.2) is 42.6 Å². The molecule has 0 aliphatic carbocycles. The molecule has 1 unspecified atom stereocenters. The summed E-state index contributed by atoms with van der Waals surface area (Å²) in [6.07, 6.45) is 0.640. The van der Waals surface area contributed by atoms with E-state index in [4.69, 9.17) is 23.2 Å². The van der Waals surface area contributed by atoms with Gasteiger partial charge in [0.1, 0.15) is 0 Å². The van der Waals surface area contributed by atoms with Gasteiger partial charge in [0.25, 0.3) is 0 Å². The molecule has 0 aliphatic rings. The molecule has 0 spiro atoms. The van der Waals surface area contributed by atoms with Gasteiger partial charge in [-0.3, -0.25) is 9.78 Å². The molecule has 1 aromatic heterocycles. The number of aliphatic hydroxyl groups excluding tert-OH is 1. The Hall–Kier alpha value is -1.62. The largest absolute Gasteiger partial charge is 0.388 e. The van der Waals surface area contributed by atoms with Crippen LogP contribution in [-0.4, -0.2) is 16.0 Å². The Balaban J connectivity index is 1.83. The molecule has 6 heteroatoms. The number of carbonyl (C=O) groups excluding carboxylic acids is 1. The molecule has 2 aromatic rings. The van der Waals surface area contributed by atoms with Gasteiger partial charge in [0.05, 0.1) is 29.8 Å². The molecular weight excluding hydrogens is 311 g/mol. The predicted octanol–water partition coefficient (Wildman–Crippen LogP) is 3.13. The van der Waals surface area contributed by atoms with Crippen LogP contribution in [0, 0.1) is 0 Å². The number of nitrogens with one attached hydrogen (secondary N) is 1. The molecule has 0 aliphatic heterocycles. The van der Waals surface area contributed by atoms with Gasteiger partial charge in [-0.2, -0.15) is 0 Å². The fourth-order valence-corrected chi connectivity index (χ4v) is 1.99. The Labute approximate surface area is 132 Å². The summed E-state index contributed by atoms with van der Waals surface area (Å²) < 4.78 is 0. The molecule has 0 saturated carbocycles. The second-order valence-corrected chi connectivity index (χ2v) is 5.39. The summed E-state index contributed by atoms with van der Waals surface area (Å²) in [5.74, 6) is -0.255. The zero-order chi connectivity index (χ0) is 15.2. The first-order chi connectivity index (χ1) is 10.0. The lowest BCUT2D eigenvalue weighted by atomic mass is 10.1. The molecule has 1 atom stereocenters. The van der Waals surface area contributed by atoms with Gasteiger partial charge in [-0.25, -0.2) is 0 Å². The first kappa shape index (κ1) is 15.8. The number of hydrogen-bond donors (Lipinski definition) is 2. The minimum absolute atomic E-state index is 0.0186. The summed E-state index contributed by atoms with van der Waals surface area (Å²) in [5.41, 5.74) is 1.35. The van der Waals surface area contributed by atoms with E-state index in [1.807, 2.05) is 0 Å². The summed E-state index contributed by atoms with van der Waals surface area (Å²) in [6, 6.07) is 10.2. The number of aromatic nitrogens is 1. The van der Waals surface area contributed by atoms with Crippen molar-refractivity contribution in [2.24, 2.45) is 0 Å². The molecule has 0 fully saturated rings. The number of carbonyl (C=O) groups is 1. The number of hydrogen-bond acceptors (Lipinski definition) is 3. The standard InChI is InChI=1S/C15H14Cl2N2O2/c16-11-3-1-10(2-4-11)14(20)7-15(21)19-9-13-6-5-12(17)8-18-13/h1-6,8,14,20H,7,9H2,(H,19,21). The third-order valence-corrected chi connectivity index (χ3v) is 3.36. The minimum Gasteiger partial charge on any atom is -0.388 e. The lowest BCUT2D eigenvalue weighted by Gasteiger charge is -2.11. The zero-order valence-electron chi connectivity index (χ0n) is 11.1. The third-order valence-electron chi connectivity index (χ3n) is 2.89. The molecule has 2 N–H and O–H groups in total. The molecule has 2 rings (SSSR count). The van der Waals surface area contributed by atoms with Crippen LogP contribution in [0.25, 0.3) is 0 Å². The Morgan fingerprint density at radius 2 is 1.81 bits per heavy atom. The van der Waals surface area contributed by atoms with Crippen molar-refractivity contribution in [2.75, 3.05) is 0 Å². The van der Waals surface area contributed by atoms with Crippen LogP contribution in [-0.2, 0) is 11.3 Å². The lowest BCUT2D eigenvalue weighted by molar-refractivity contribution is -0.123. The van der Waals surface area contributed by atoms with E-state index in [-0.39, 0.29) is 12.3 Å². The number of benzene rings is 1. The molecule has 1 aromatic carbocycles. The average Bonchev–Trinajstić information content (AvgIpc) is 2.47. The maximum Gasteiger partial charge on any atom is 0.223 e. The maximum atomic E-state index is 11.8. The van der Waals surface area contributed by atoms with Crippen LogP contribution in [0.1, 0.15) is 23.8 Å². The second kappa shape index (κ2) is 7.41. The van der Waals surface area contributed by atoms with E-state index < -0.39 is 6.10 Å². The van der Waals surface area contributed by atoms with Gasteiger partial charge in [-0.1, -0.05) is 35.3 Å². The Morgan fingerprint density at radius 3 is 2.43 bits per heavy atom. The summed E-state index contributed by atoms with van der Waals surface area (Å²) in [7, 11) is 0. The van der Waals surface area contributed by atoms with E-state index in [1.165, 1.54) is 6.20 Å². The Bertz CT molecular complexity index is 600. The molecule has 21 heavy (non-hydrogen) atoms. The van der Waals surface area contributed by atoms with Crippen molar-refractivity contribution in [3.05, 3.63) is 63.9 Å².